The number of nitrogens with one attached hydrogen (secondary N) is 2. The molecule has 17 heavy (non-hydrogen) atoms. The first kappa shape index (κ1) is 11.2. The highest BCUT2D eigenvalue weighted by molar-refractivity contribution is 5.07. The lowest BCUT2D eigenvalue weighted by atomic mass is 10.1. The van der Waals surface area contributed by atoms with E-state index in [0.717, 1.165) is 18.5 Å². The van der Waals surface area contributed by atoms with Crippen LogP contribution in [0.5, 0.6) is 0 Å². The second-order valence-corrected chi connectivity index (χ2v) is 5.54. The van der Waals surface area contributed by atoms with E-state index in [9.17, 15) is 0 Å². The summed E-state index contributed by atoms with van der Waals surface area (Å²) in [5.41, 5.74) is 1.25. The summed E-state index contributed by atoms with van der Waals surface area (Å²) in [5.74, 6) is 0.838. The molecule has 1 aromatic heterocycles. The third kappa shape index (κ3) is 2.69. The lowest BCUT2D eigenvalue weighted by Crippen LogP contribution is -2.29. The van der Waals surface area contributed by atoms with Gasteiger partial charge in [-0.1, -0.05) is 0 Å². The second kappa shape index (κ2) is 4.78. The zero-order valence-electron chi connectivity index (χ0n) is 10.5. The van der Waals surface area contributed by atoms with Gasteiger partial charge >= 0.3 is 0 Å². The Kier molecular flexibility index (Phi) is 3.16. The van der Waals surface area contributed by atoms with E-state index in [0.29, 0.717) is 6.04 Å². The molecular formula is C13H22N4. The highest BCUT2D eigenvalue weighted by Gasteiger charge is 2.34. The fourth-order valence-corrected chi connectivity index (χ4v) is 2.76. The summed E-state index contributed by atoms with van der Waals surface area (Å²) in [4.78, 5) is 2.68. The predicted molar refractivity (Wildman–Crippen MR) is 67.7 cm³/mol. The maximum absolute atomic E-state index is 3.99. The van der Waals surface area contributed by atoms with Crippen molar-refractivity contribution in [1.82, 2.24) is 20.4 Å². The SMILES string of the molecule is CC(NCC1CCN(C2CC2)C1)c1cn[nH]c1. The van der Waals surface area contributed by atoms with Crippen molar-refractivity contribution >= 4 is 0 Å². The molecule has 1 aliphatic carbocycles. The first-order chi connectivity index (χ1) is 8.33. The van der Waals surface area contributed by atoms with Crippen LogP contribution in [0.2, 0.25) is 0 Å². The van der Waals surface area contributed by atoms with Crippen LogP contribution in [-0.4, -0.2) is 40.8 Å². The van der Waals surface area contributed by atoms with Crippen molar-refractivity contribution in [3.05, 3.63) is 18.0 Å². The van der Waals surface area contributed by atoms with E-state index in [1.165, 1.54) is 37.9 Å². The van der Waals surface area contributed by atoms with Crippen LogP contribution >= 0.6 is 0 Å². The van der Waals surface area contributed by atoms with Gasteiger partial charge in [-0.15, -0.1) is 0 Å². The average Bonchev–Trinajstić information content (AvgIpc) is 2.88. The minimum atomic E-state index is 0.406. The number of H-pyrrole nitrogens is 1. The molecule has 0 spiro atoms. The fraction of sp³-hybridized carbons (Fsp3) is 0.769. The van der Waals surface area contributed by atoms with Gasteiger partial charge in [0.1, 0.15) is 0 Å². The van der Waals surface area contributed by atoms with E-state index < -0.39 is 0 Å². The van der Waals surface area contributed by atoms with Crippen molar-refractivity contribution in [3.8, 4) is 0 Å². The first-order valence-corrected chi connectivity index (χ1v) is 6.79. The monoisotopic (exact) mass is 234 g/mol. The van der Waals surface area contributed by atoms with Gasteiger partial charge < -0.3 is 10.2 Å². The third-order valence-corrected chi connectivity index (χ3v) is 4.11. The van der Waals surface area contributed by atoms with E-state index in [4.69, 9.17) is 0 Å². The normalized spacial score (nSPS) is 27.5. The van der Waals surface area contributed by atoms with E-state index in [-0.39, 0.29) is 0 Å². The Balaban J connectivity index is 1.42. The van der Waals surface area contributed by atoms with Crippen LogP contribution in [0, 0.1) is 5.92 Å². The summed E-state index contributed by atoms with van der Waals surface area (Å²) in [6.45, 7) is 5.96. The van der Waals surface area contributed by atoms with Crippen LogP contribution in [0.1, 0.15) is 37.8 Å². The first-order valence-electron chi connectivity index (χ1n) is 6.79. The molecule has 0 aromatic carbocycles. The van der Waals surface area contributed by atoms with E-state index in [1.54, 1.807) is 0 Å². The third-order valence-electron chi connectivity index (χ3n) is 4.11. The van der Waals surface area contributed by atoms with E-state index in [1.807, 2.05) is 12.4 Å². The van der Waals surface area contributed by atoms with Gasteiger partial charge in [0.2, 0.25) is 0 Å². The molecular weight excluding hydrogens is 212 g/mol. The molecule has 3 rings (SSSR count). The van der Waals surface area contributed by atoms with Crippen molar-refractivity contribution in [2.24, 2.45) is 5.92 Å². The molecule has 0 bridgehead atoms. The number of hydrogen-bond acceptors (Lipinski definition) is 3. The van der Waals surface area contributed by atoms with Crippen LogP contribution in [0.25, 0.3) is 0 Å². The zero-order chi connectivity index (χ0) is 11.7. The van der Waals surface area contributed by atoms with Gasteiger partial charge in [0.15, 0.2) is 0 Å². The summed E-state index contributed by atoms with van der Waals surface area (Å²) in [7, 11) is 0. The molecule has 1 aromatic rings. The quantitative estimate of drug-likeness (QED) is 0.812. The standard InChI is InChI=1S/C13H22N4/c1-10(12-7-15-16-8-12)14-6-11-4-5-17(9-11)13-2-3-13/h7-8,10-11,13-14H,2-6,9H2,1H3,(H,15,16). The van der Waals surface area contributed by atoms with Crippen LogP contribution in [0.4, 0.5) is 0 Å². The molecule has 94 valence electrons. The Morgan fingerprint density at radius 3 is 3.12 bits per heavy atom. The Hall–Kier alpha value is -0.870. The maximum atomic E-state index is 3.99. The predicted octanol–water partition coefficient (Wildman–Crippen LogP) is 1.54. The van der Waals surface area contributed by atoms with Gasteiger partial charge in [-0.2, -0.15) is 5.10 Å². The van der Waals surface area contributed by atoms with Gasteiger partial charge in [0.25, 0.3) is 0 Å². The Labute approximate surface area is 103 Å². The van der Waals surface area contributed by atoms with Gasteiger partial charge in [-0.25, -0.2) is 0 Å². The summed E-state index contributed by atoms with van der Waals surface area (Å²) in [6.07, 6.45) is 8.12. The molecule has 2 N–H and O–H groups in total. The van der Waals surface area contributed by atoms with Gasteiger partial charge in [-0.3, -0.25) is 5.10 Å². The van der Waals surface area contributed by atoms with E-state index in [2.05, 4.69) is 27.3 Å². The van der Waals surface area contributed by atoms with Crippen LogP contribution in [-0.2, 0) is 0 Å². The number of rotatable bonds is 5. The molecule has 1 aliphatic heterocycles. The zero-order valence-corrected chi connectivity index (χ0v) is 10.5. The maximum Gasteiger partial charge on any atom is 0.0534 e. The summed E-state index contributed by atoms with van der Waals surface area (Å²) in [6, 6.07) is 1.34. The molecule has 4 nitrogen and oxygen atoms in total. The summed E-state index contributed by atoms with van der Waals surface area (Å²) in [5, 5.41) is 10.5. The molecule has 0 amide bonds. The lowest BCUT2D eigenvalue weighted by Gasteiger charge is -2.17. The Morgan fingerprint density at radius 2 is 2.41 bits per heavy atom. The van der Waals surface area contributed by atoms with Crippen molar-refractivity contribution in [2.75, 3.05) is 19.6 Å². The van der Waals surface area contributed by atoms with Gasteiger partial charge in [-0.05, 0) is 45.2 Å². The molecule has 4 heteroatoms. The van der Waals surface area contributed by atoms with Gasteiger partial charge in [0.05, 0.1) is 6.20 Å². The average molecular weight is 234 g/mol. The van der Waals surface area contributed by atoms with Crippen molar-refractivity contribution in [2.45, 2.75) is 38.3 Å². The number of aromatic nitrogens is 2. The highest BCUT2D eigenvalue weighted by Crippen LogP contribution is 2.31. The van der Waals surface area contributed by atoms with Crippen molar-refractivity contribution in [3.63, 3.8) is 0 Å². The second-order valence-electron chi connectivity index (χ2n) is 5.54. The fourth-order valence-electron chi connectivity index (χ4n) is 2.76. The summed E-state index contributed by atoms with van der Waals surface area (Å²) < 4.78 is 0. The Bertz CT molecular complexity index is 344. The Morgan fingerprint density at radius 1 is 1.53 bits per heavy atom. The minimum Gasteiger partial charge on any atom is -0.310 e. The molecule has 2 atom stereocenters. The number of nitrogens with zero attached hydrogens (tertiary/aromatic N) is 2. The molecule has 2 fully saturated rings. The van der Waals surface area contributed by atoms with Crippen LogP contribution < -0.4 is 5.32 Å². The number of aromatic amines is 1. The minimum absolute atomic E-state index is 0.406. The molecule has 1 saturated heterocycles. The van der Waals surface area contributed by atoms with Crippen molar-refractivity contribution in [1.29, 1.82) is 0 Å². The van der Waals surface area contributed by atoms with Crippen LogP contribution in [0.15, 0.2) is 12.4 Å². The van der Waals surface area contributed by atoms with Crippen molar-refractivity contribution < 1.29 is 0 Å². The number of likely N-dealkylation sites (tertiary alicyclic amines) is 1. The molecule has 0 radical (unpaired) electrons. The molecule has 2 unspecified atom stereocenters. The van der Waals surface area contributed by atoms with Gasteiger partial charge in [0, 0.05) is 30.4 Å². The topological polar surface area (TPSA) is 44.0 Å². The molecule has 2 heterocycles. The summed E-state index contributed by atoms with van der Waals surface area (Å²) >= 11 is 0. The number of hydrogen-bond donors (Lipinski definition) is 2. The van der Waals surface area contributed by atoms with E-state index >= 15 is 0 Å². The smallest absolute Gasteiger partial charge is 0.0534 e. The van der Waals surface area contributed by atoms with Crippen LogP contribution in [0.3, 0.4) is 0 Å². The highest BCUT2D eigenvalue weighted by atomic mass is 15.2. The lowest BCUT2D eigenvalue weighted by molar-refractivity contribution is 0.310. The molecule has 1 saturated carbocycles. The largest absolute Gasteiger partial charge is 0.310 e. The molecule has 2 aliphatic rings.